The molecule has 136 valence electrons. The van der Waals surface area contributed by atoms with Crippen molar-refractivity contribution in [2.45, 2.75) is 12.3 Å². The van der Waals surface area contributed by atoms with Crippen LogP contribution in [0.3, 0.4) is 0 Å². The molecule has 3 aromatic rings. The number of fused-ring (bicyclic) bond motifs is 1. The van der Waals surface area contributed by atoms with Crippen LogP contribution in [0.15, 0.2) is 47.1 Å². The molecule has 1 amide bonds. The number of ether oxygens (including phenoxy) is 2. The van der Waals surface area contributed by atoms with Crippen molar-refractivity contribution in [3.8, 4) is 23.0 Å². The molecule has 1 fully saturated rings. The molecule has 1 saturated heterocycles. The van der Waals surface area contributed by atoms with E-state index < -0.39 is 0 Å². The number of amides is 1. The molecule has 27 heavy (non-hydrogen) atoms. The van der Waals surface area contributed by atoms with Crippen LogP contribution in [0.4, 0.5) is 5.69 Å². The Kier molecular flexibility index (Phi) is 3.74. The molecule has 0 N–H and O–H groups in total. The van der Waals surface area contributed by atoms with Crippen LogP contribution in [0.2, 0.25) is 0 Å². The van der Waals surface area contributed by atoms with Crippen molar-refractivity contribution in [1.82, 2.24) is 15.1 Å². The maximum Gasteiger partial charge on any atom is 0.232 e. The lowest BCUT2D eigenvalue weighted by Gasteiger charge is -2.22. The molecule has 1 atom stereocenters. The molecular formula is C19H16N4O4. The molecule has 0 radical (unpaired) electrons. The first kappa shape index (κ1) is 15.8. The Morgan fingerprint density at radius 2 is 1.96 bits per heavy atom. The van der Waals surface area contributed by atoms with Gasteiger partial charge in [0.25, 0.3) is 0 Å². The summed E-state index contributed by atoms with van der Waals surface area (Å²) in [7, 11) is 0. The van der Waals surface area contributed by atoms with E-state index in [1.165, 1.54) is 0 Å². The second-order valence-corrected chi connectivity index (χ2v) is 6.40. The van der Waals surface area contributed by atoms with E-state index in [-0.39, 0.29) is 11.8 Å². The van der Waals surface area contributed by atoms with Gasteiger partial charge in [-0.15, -0.1) is 0 Å². The summed E-state index contributed by atoms with van der Waals surface area (Å²) in [6, 6.07) is 11.0. The number of hydrogen-bond donors (Lipinski definition) is 0. The second kappa shape index (κ2) is 6.39. The average molecular weight is 364 g/mol. The summed E-state index contributed by atoms with van der Waals surface area (Å²) in [6.45, 7) is 1.51. The van der Waals surface area contributed by atoms with E-state index in [0.717, 1.165) is 5.69 Å². The van der Waals surface area contributed by atoms with Gasteiger partial charge in [0.1, 0.15) is 18.9 Å². The van der Waals surface area contributed by atoms with Gasteiger partial charge in [0.05, 0.1) is 5.92 Å². The SMILES string of the molecule is O=C1CC(c2nc(-c3ccccn3)no2)CN1c1ccc2c(c1)OCCO2. The summed E-state index contributed by atoms with van der Waals surface area (Å²) in [6.07, 6.45) is 1.99. The second-order valence-electron chi connectivity index (χ2n) is 6.40. The molecule has 2 aliphatic rings. The zero-order chi connectivity index (χ0) is 18.2. The van der Waals surface area contributed by atoms with Crippen LogP contribution in [-0.2, 0) is 4.79 Å². The van der Waals surface area contributed by atoms with E-state index in [0.29, 0.717) is 55.1 Å². The molecule has 4 heterocycles. The van der Waals surface area contributed by atoms with Gasteiger partial charge in [0.15, 0.2) is 11.5 Å². The highest BCUT2D eigenvalue weighted by atomic mass is 16.6. The van der Waals surface area contributed by atoms with Crippen LogP contribution in [0.5, 0.6) is 11.5 Å². The van der Waals surface area contributed by atoms with Crippen molar-refractivity contribution in [1.29, 1.82) is 0 Å². The number of hydrogen-bond acceptors (Lipinski definition) is 7. The highest BCUT2D eigenvalue weighted by molar-refractivity contribution is 5.96. The third-order valence-electron chi connectivity index (χ3n) is 4.65. The zero-order valence-corrected chi connectivity index (χ0v) is 14.4. The van der Waals surface area contributed by atoms with Crippen molar-refractivity contribution in [2.24, 2.45) is 0 Å². The smallest absolute Gasteiger partial charge is 0.232 e. The van der Waals surface area contributed by atoms with E-state index in [1.807, 2.05) is 36.4 Å². The Morgan fingerprint density at radius 3 is 2.81 bits per heavy atom. The molecule has 1 unspecified atom stereocenters. The predicted molar refractivity (Wildman–Crippen MR) is 94.7 cm³/mol. The fourth-order valence-corrected chi connectivity index (χ4v) is 3.32. The van der Waals surface area contributed by atoms with E-state index in [1.54, 1.807) is 11.1 Å². The van der Waals surface area contributed by atoms with E-state index in [9.17, 15) is 4.79 Å². The quantitative estimate of drug-likeness (QED) is 0.705. The number of pyridine rings is 1. The fourth-order valence-electron chi connectivity index (χ4n) is 3.32. The van der Waals surface area contributed by atoms with Crippen LogP contribution in [0.25, 0.3) is 11.5 Å². The minimum Gasteiger partial charge on any atom is -0.486 e. The average Bonchev–Trinajstić information content (AvgIpc) is 3.35. The van der Waals surface area contributed by atoms with Gasteiger partial charge < -0.3 is 18.9 Å². The van der Waals surface area contributed by atoms with Gasteiger partial charge in [-0.25, -0.2) is 0 Å². The number of rotatable bonds is 3. The summed E-state index contributed by atoms with van der Waals surface area (Å²) < 4.78 is 16.5. The molecule has 0 bridgehead atoms. The van der Waals surface area contributed by atoms with Crippen molar-refractivity contribution in [3.63, 3.8) is 0 Å². The van der Waals surface area contributed by atoms with Crippen molar-refractivity contribution in [2.75, 3.05) is 24.7 Å². The predicted octanol–water partition coefficient (Wildman–Crippen LogP) is 2.42. The van der Waals surface area contributed by atoms with Gasteiger partial charge in [-0.05, 0) is 24.3 Å². The van der Waals surface area contributed by atoms with Gasteiger partial charge in [-0.2, -0.15) is 4.98 Å². The van der Waals surface area contributed by atoms with E-state index in [4.69, 9.17) is 14.0 Å². The largest absolute Gasteiger partial charge is 0.486 e. The Hall–Kier alpha value is -3.42. The molecule has 0 spiro atoms. The highest BCUT2D eigenvalue weighted by Crippen LogP contribution is 2.37. The van der Waals surface area contributed by atoms with Gasteiger partial charge in [0, 0.05) is 30.9 Å². The van der Waals surface area contributed by atoms with Crippen LogP contribution in [0, 0.1) is 0 Å². The van der Waals surface area contributed by atoms with Gasteiger partial charge in [-0.3, -0.25) is 9.78 Å². The van der Waals surface area contributed by atoms with Crippen molar-refractivity contribution < 1.29 is 18.8 Å². The molecule has 2 aromatic heterocycles. The first-order valence-electron chi connectivity index (χ1n) is 8.73. The molecule has 0 saturated carbocycles. The van der Waals surface area contributed by atoms with Crippen LogP contribution in [0.1, 0.15) is 18.2 Å². The Morgan fingerprint density at radius 1 is 1.07 bits per heavy atom. The number of nitrogens with zero attached hydrogens (tertiary/aromatic N) is 4. The van der Waals surface area contributed by atoms with Gasteiger partial charge >= 0.3 is 0 Å². The Bertz CT molecular complexity index is 988. The minimum absolute atomic E-state index is 0.00858. The molecule has 8 heteroatoms. The molecule has 0 aliphatic carbocycles. The standard InChI is InChI=1S/C19H16N4O4/c24-17-9-12(19-21-18(22-27-19)14-3-1-2-6-20-14)11-23(17)13-4-5-15-16(10-13)26-8-7-25-15/h1-6,10,12H,7-9,11H2. The number of benzene rings is 1. The fraction of sp³-hybridized carbons (Fsp3) is 0.263. The number of anilines is 1. The normalized spacial score (nSPS) is 18.7. The Labute approximate surface area is 154 Å². The lowest BCUT2D eigenvalue weighted by Crippen LogP contribution is -2.24. The number of carbonyl (C=O) groups is 1. The van der Waals surface area contributed by atoms with Gasteiger partial charge in [-0.1, -0.05) is 11.2 Å². The first-order chi connectivity index (χ1) is 13.3. The van der Waals surface area contributed by atoms with Gasteiger partial charge in [0.2, 0.25) is 17.6 Å². The van der Waals surface area contributed by atoms with Crippen LogP contribution in [-0.4, -0.2) is 40.8 Å². The molecule has 5 rings (SSSR count). The molecular weight excluding hydrogens is 348 g/mol. The zero-order valence-electron chi connectivity index (χ0n) is 14.4. The molecule has 8 nitrogen and oxygen atoms in total. The maximum absolute atomic E-state index is 12.6. The number of carbonyl (C=O) groups excluding carboxylic acids is 1. The third-order valence-corrected chi connectivity index (χ3v) is 4.65. The third kappa shape index (κ3) is 2.88. The van der Waals surface area contributed by atoms with Crippen molar-refractivity contribution >= 4 is 11.6 Å². The monoisotopic (exact) mass is 364 g/mol. The molecule has 1 aromatic carbocycles. The highest BCUT2D eigenvalue weighted by Gasteiger charge is 2.35. The summed E-state index contributed by atoms with van der Waals surface area (Å²) in [4.78, 5) is 22.9. The van der Waals surface area contributed by atoms with Crippen LogP contribution >= 0.6 is 0 Å². The lowest BCUT2D eigenvalue weighted by molar-refractivity contribution is -0.117. The minimum atomic E-state index is -0.157. The summed E-state index contributed by atoms with van der Waals surface area (Å²) >= 11 is 0. The first-order valence-corrected chi connectivity index (χ1v) is 8.73. The summed E-state index contributed by atoms with van der Waals surface area (Å²) in [5, 5.41) is 4.00. The molecule has 2 aliphatic heterocycles. The van der Waals surface area contributed by atoms with Crippen molar-refractivity contribution in [3.05, 3.63) is 48.5 Å². The topological polar surface area (TPSA) is 90.6 Å². The Balaban J connectivity index is 1.37. The van der Waals surface area contributed by atoms with Crippen LogP contribution < -0.4 is 14.4 Å². The lowest BCUT2D eigenvalue weighted by atomic mass is 10.1. The van der Waals surface area contributed by atoms with E-state index >= 15 is 0 Å². The summed E-state index contributed by atoms with van der Waals surface area (Å²) in [5.41, 5.74) is 1.41. The van der Waals surface area contributed by atoms with E-state index in [2.05, 4.69) is 15.1 Å². The summed E-state index contributed by atoms with van der Waals surface area (Å²) in [5.74, 6) is 2.08. The number of aromatic nitrogens is 3. The maximum atomic E-state index is 12.6.